The van der Waals surface area contributed by atoms with E-state index >= 15 is 0 Å². The highest BCUT2D eigenvalue weighted by molar-refractivity contribution is 7.09. The number of rotatable bonds is 6. The van der Waals surface area contributed by atoms with E-state index in [0.717, 1.165) is 24.3 Å². The van der Waals surface area contributed by atoms with Crippen LogP contribution in [0.4, 0.5) is 0 Å². The average Bonchev–Trinajstić information content (AvgIpc) is 2.72. The molecule has 0 atom stereocenters. The maximum absolute atomic E-state index is 11.4. The SMILES string of the molecule is CCCCCOC(=O)c1csc(CN)n1. The van der Waals surface area contributed by atoms with Gasteiger partial charge in [0, 0.05) is 11.9 Å². The highest BCUT2D eigenvalue weighted by atomic mass is 32.1. The first-order chi connectivity index (χ1) is 7.27. The number of thiazole rings is 1. The van der Waals surface area contributed by atoms with Crippen LogP contribution in [-0.2, 0) is 11.3 Å². The molecular formula is C10H16N2O2S. The van der Waals surface area contributed by atoms with E-state index in [1.165, 1.54) is 11.3 Å². The molecule has 4 nitrogen and oxygen atoms in total. The van der Waals surface area contributed by atoms with Crippen LogP contribution in [0.25, 0.3) is 0 Å². The maximum Gasteiger partial charge on any atom is 0.357 e. The van der Waals surface area contributed by atoms with Crippen LogP contribution in [0.5, 0.6) is 0 Å². The van der Waals surface area contributed by atoms with Crippen molar-refractivity contribution in [3.63, 3.8) is 0 Å². The lowest BCUT2D eigenvalue weighted by Crippen LogP contribution is -2.07. The summed E-state index contributed by atoms with van der Waals surface area (Å²) in [6.07, 6.45) is 3.11. The Bertz CT molecular complexity index is 312. The minimum absolute atomic E-state index is 0.345. The Morgan fingerprint density at radius 3 is 3.00 bits per heavy atom. The fourth-order valence-corrected chi connectivity index (χ4v) is 1.73. The minimum Gasteiger partial charge on any atom is -0.461 e. The molecular weight excluding hydrogens is 212 g/mol. The van der Waals surface area contributed by atoms with Crippen molar-refractivity contribution in [3.05, 3.63) is 16.1 Å². The molecule has 0 spiro atoms. The molecule has 84 valence electrons. The van der Waals surface area contributed by atoms with E-state index in [9.17, 15) is 4.79 Å². The van der Waals surface area contributed by atoms with Gasteiger partial charge in [-0.15, -0.1) is 11.3 Å². The molecule has 0 aromatic carbocycles. The molecule has 0 aliphatic heterocycles. The van der Waals surface area contributed by atoms with Crippen molar-refractivity contribution in [1.82, 2.24) is 4.98 Å². The van der Waals surface area contributed by atoms with Crippen LogP contribution in [0.3, 0.4) is 0 Å². The predicted molar refractivity (Wildman–Crippen MR) is 59.8 cm³/mol. The van der Waals surface area contributed by atoms with Crippen LogP contribution in [0, 0.1) is 0 Å². The van der Waals surface area contributed by atoms with Crippen LogP contribution in [0.1, 0.15) is 41.7 Å². The van der Waals surface area contributed by atoms with Crippen molar-refractivity contribution < 1.29 is 9.53 Å². The Hall–Kier alpha value is -0.940. The van der Waals surface area contributed by atoms with Gasteiger partial charge < -0.3 is 10.5 Å². The zero-order chi connectivity index (χ0) is 11.1. The number of esters is 1. The zero-order valence-corrected chi connectivity index (χ0v) is 9.68. The molecule has 0 fully saturated rings. The monoisotopic (exact) mass is 228 g/mol. The summed E-state index contributed by atoms with van der Waals surface area (Å²) in [5.41, 5.74) is 5.77. The summed E-state index contributed by atoms with van der Waals surface area (Å²) >= 11 is 1.38. The van der Waals surface area contributed by atoms with E-state index in [-0.39, 0.29) is 5.97 Å². The van der Waals surface area contributed by atoms with Crippen molar-refractivity contribution in [3.8, 4) is 0 Å². The molecule has 0 aliphatic rings. The van der Waals surface area contributed by atoms with Gasteiger partial charge in [-0.05, 0) is 6.42 Å². The second kappa shape index (κ2) is 6.53. The summed E-state index contributed by atoms with van der Waals surface area (Å²) in [6, 6.07) is 0. The molecule has 0 unspecified atom stereocenters. The van der Waals surface area contributed by atoms with E-state index in [1.54, 1.807) is 5.38 Å². The summed E-state index contributed by atoms with van der Waals surface area (Å²) in [4.78, 5) is 15.5. The molecule has 1 aromatic rings. The molecule has 0 saturated carbocycles. The fraction of sp³-hybridized carbons (Fsp3) is 0.600. The molecule has 1 heterocycles. The quantitative estimate of drug-likeness (QED) is 0.597. The summed E-state index contributed by atoms with van der Waals surface area (Å²) in [5.74, 6) is -0.345. The average molecular weight is 228 g/mol. The van der Waals surface area contributed by atoms with E-state index in [4.69, 9.17) is 10.5 Å². The molecule has 0 saturated heterocycles. The van der Waals surface area contributed by atoms with Gasteiger partial charge in [-0.3, -0.25) is 0 Å². The molecule has 0 aliphatic carbocycles. The van der Waals surface area contributed by atoms with Crippen molar-refractivity contribution in [1.29, 1.82) is 0 Å². The Labute approximate surface area is 93.5 Å². The number of aromatic nitrogens is 1. The van der Waals surface area contributed by atoms with Crippen molar-refractivity contribution in [2.45, 2.75) is 32.7 Å². The lowest BCUT2D eigenvalue weighted by Gasteiger charge is -2.01. The summed E-state index contributed by atoms with van der Waals surface area (Å²) in [5, 5.41) is 2.44. The lowest BCUT2D eigenvalue weighted by atomic mass is 10.3. The summed E-state index contributed by atoms with van der Waals surface area (Å²) in [6.45, 7) is 2.95. The van der Waals surface area contributed by atoms with Gasteiger partial charge in [0.25, 0.3) is 0 Å². The molecule has 0 amide bonds. The first-order valence-corrected chi connectivity index (χ1v) is 5.97. The Morgan fingerprint density at radius 1 is 1.60 bits per heavy atom. The Morgan fingerprint density at radius 2 is 2.40 bits per heavy atom. The van der Waals surface area contributed by atoms with Gasteiger partial charge in [0.15, 0.2) is 5.69 Å². The third kappa shape index (κ3) is 3.97. The lowest BCUT2D eigenvalue weighted by molar-refractivity contribution is 0.0492. The molecule has 0 radical (unpaired) electrons. The van der Waals surface area contributed by atoms with Crippen LogP contribution < -0.4 is 5.73 Å². The number of carbonyl (C=O) groups excluding carboxylic acids is 1. The molecule has 1 aromatic heterocycles. The largest absolute Gasteiger partial charge is 0.461 e. The number of hydrogen-bond donors (Lipinski definition) is 1. The smallest absolute Gasteiger partial charge is 0.357 e. The van der Waals surface area contributed by atoms with Gasteiger partial charge in [-0.2, -0.15) is 0 Å². The van der Waals surface area contributed by atoms with E-state index < -0.39 is 0 Å². The number of carbonyl (C=O) groups is 1. The third-order valence-electron chi connectivity index (χ3n) is 1.92. The van der Waals surface area contributed by atoms with Gasteiger partial charge in [-0.1, -0.05) is 19.8 Å². The number of unbranched alkanes of at least 4 members (excludes halogenated alkanes) is 2. The van der Waals surface area contributed by atoms with E-state index in [2.05, 4.69) is 11.9 Å². The normalized spacial score (nSPS) is 10.3. The maximum atomic E-state index is 11.4. The van der Waals surface area contributed by atoms with E-state index in [0.29, 0.717) is 18.8 Å². The highest BCUT2D eigenvalue weighted by Crippen LogP contribution is 2.10. The Balaban J connectivity index is 2.33. The first kappa shape index (κ1) is 12.1. The minimum atomic E-state index is -0.345. The van der Waals surface area contributed by atoms with Crippen LogP contribution in [0.15, 0.2) is 5.38 Å². The van der Waals surface area contributed by atoms with Crippen LogP contribution in [0.2, 0.25) is 0 Å². The van der Waals surface area contributed by atoms with Gasteiger partial charge in [0.1, 0.15) is 5.01 Å². The second-order valence-corrected chi connectivity index (χ2v) is 4.12. The molecule has 5 heteroatoms. The van der Waals surface area contributed by atoms with Crippen LogP contribution >= 0.6 is 11.3 Å². The van der Waals surface area contributed by atoms with Crippen molar-refractivity contribution in [2.24, 2.45) is 5.73 Å². The fourth-order valence-electron chi connectivity index (χ4n) is 1.09. The third-order valence-corrected chi connectivity index (χ3v) is 2.79. The zero-order valence-electron chi connectivity index (χ0n) is 8.86. The van der Waals surface area contributed by atoms with Gasteiger partial charge in [0.2, 0.25) is 0 Å². The molecule has 15 heavy (non-hydrogen) atoms. The topological polar surface area (TPSA) is 65.2 Å². The number of nitrogens with zero attached hydrogens (tertiary/aromatic N) is 1. The number of hydrogen-bond acceptors (Lipinski definition) is 5. The number of ether oxygens (including phenoxy) is 1. The van der Waals surface area contributed by atoms with Gasteiger partial charge in [-0.25, -0.2) is 9.78 Å². The Kier molecular flexibility index (Phi) is 5.28. The van der Waals surface area contributed by atoms with Crippen molar-refractivity contribution >= 4 is 17.3 Å². The van der Waals surface area contributed by atoms with Crippen molar-refractivity contribution in [2.75, 3.05) is 6.61 Å². The highest BCUT2D eigenvalue weighted by Gasteiger charge is 2.10. The standard InChI is InChI=1S/C10H16N2O2S/c1-2-3-4-5-14-10(13)8-7-15-9(6-11)12-8/h7H,2-6,11H2,1H3. The summed E-state index contributed by atoms with van der Waals surface area (Å²) < 4.78 is 5.05. The van der Waals surface area contributed by atoms with E-state index in [1.807, 2.05) is 0 Å². The molecule has 0 bridgehead atoms. The van der Waals surface area contributed by atoms with Gasteiger partial charge >= 0.3 is 5.97 Å². The molecule has 1 rings (SSSR count). The number of nitrogens with two attached hydrogens (primary N) is 1. The predicted octanol–water partition coefficient (Wildman–Crippen LogP) is 1.95. The summed E-state index contributed by atoms with van der Waals surface area (Å²) in [7, 11) is 0. The molecule has 2 N–H and O–H groups in total. The van der Waals surface area contributed by atoms with Gasteiger partial charge in [0.05, 0.1) is 6.61 Å². The second-order valence-electron chi connectivity index (χ2n) is 3.17. The first-order valence-electron chi connectivity index (χ1n) is 5.09. The van der Waals surface area contributed by atoms with Crippen LogP contribution in [-0.4, -0.2) is 17.6 Å².